The van der Waals surface area contributed by atoms with Crippen LogP contribution in [0.5, 0.6) is 0 Å². The van der Waals surface area contributed by atoms with Gasteiger partial charge < -0.3 is 14.8 Å². The van der Waals surface area contributed by atoms with Crippen molar-refractivity contribution in [3.63, 3.8) is 0 Å². The van der Waals surface area contributed by atoms with Gasteiger partial charge in [-0.3, -0.25) is 0 Å². The van der Waals surface area contributed by atoms with Crippen molar-refractivity contribution in [2.45, 2.75) is 19.3 Å². The second-order valence-corrected chi connectivity index (χ2v) is 3.89. The Labute approximate surface area is 80.8 Å². The molecule has 0 aromatic rings. The smallest absolute Gasteiger partial charge is 0.0700 e. The summed E-state index contributed by atoms with van der Waals surface area (Å²) < 4.78 is 10.3. The zero-order valence-corrected chi connectivity index (χ0v) is 8.77. The second kappa shape index (κ2) is 5.58. The minimum absolute atomic E-state index is 0.571. The van der Waals surface area contributed by atoms with Gasteiger partial charge in [0, 0.05) is 20.3 Å². The fourth-order valence-corrected chi connectivity index (χ4v) is 1.60. The molecular formula is C10H21NO2. The summed E-state index contributed by atoms with van der Waals surface area (Å²) in [5.74, 6) is 0. The van der Waals surface area contributed by atoms with Gasteiger partial charge in [-0.15, -0.1) is 0 Å². The summed E-state index contributed by atoms with van der Waals surface area (Å²) in [5.41, 5.74) is 0.571. The summed E-state index contributed by atoms with van der Waals surface area (Å²) in [6.45, 7) is 3.46. The van der Waals surface area contributed by atoms with Crippen molar-refractivity contribution in [1.29, 1.82) is 0 Å². The zero-order valence-electron chi connectivity index (χ0n) is 8.77. The van der Waals surface area contributed by atoms with E-state index >= 15 is 0 Å². The summed E-state index contributed by atoms with van der Waals surface area (Å²) in [5, 5.41) is 3.24. The van der Waals surface area contributed by atoms with Crippen LogP contribution in [0.4, 0.5) is 0 Å². The van der Waals surface area contributed by atoms with E-state index in [9.17, 15) is 0 Å². The molecule has 0 aromatic carbocycles. The molecule has 0 bridgehead atoms. The van der Waals surface area contributed by atoms with Crippen LogP contribution in [0.15, 0.2) is 0 Å². The van der Waals surface area contributed by atoms with E-state index in [0.717, 1.165) is 19.8 Å². The molecule has 1 fully saturated rings. The predicted octanol–water partition coefficient (Wildman–Crippen LogP) is 1.04. The Morgan fingerprint density at radius 3 is 2.54 bits per heavy atom. The van der Waals surface area contributed by atoms with Crippen molar-refractivity contribution in [2.75, 3.05) is 40.5 Å². The van der Waals surface area contributed by atoms with Crippen LogP contribution in [0.2, 0.25) is 0 Å². The molecule has 78 valence electrons. The van der Waals surface area contributed by atoms with Crippen LogP contribution in [0.3, 0.4) is 0 Å². The third-order valence-electron chi connectivity index (χ3n) is 2.72. The minimum Gasteiger partial charge on any atom is -0.382 e. The number of ether oxygens (including phenoxy) is 2. The van der Waals surface area contributed by atoms with Crippen LogP contribution in [-0.4, -0.2) is 40.5 Å². The summed E-state index contributed by atoms with van der Waals surface area (Å²) in [6, 6.07) is 0. The largest absolute Gasteiger partial charge is 0.382 e. The van der Waals surface area contributed by atoms with Crippen LogP contribution >= 0.6 is 0 Å². The van der Waals surface area contributed by atoms with E-state index < -0.39 is 0 Å². The van der Waals surface area contributed by atoms with Crippen LogP contribution in [0.1, 0.15) is 19.3 Å². The predicted molar refractivity (Wildman–Crippen MR) is 52.9 cm³/mol. The molecule has 1 N–H and O–H groups in total. The Bertz CT molecular complexity index is 135. The fraction of sp³-hybridized carbons (Fsp3) is 1.00. The van der Waals surface area contributed by atoms with Crippen LogP contribution in [0, 0.1) is 5.41 Å². The van der Waals surface area contributed by atoms with E-state index in [4.69, 9.17) is 9.47 Å². The number of rotatable bonds is 8. The number of methoxy groups -OCH3 is 1. The molecule has 0 atom stereocenters. The highest BCUT2D eigenvalue weighted by Gasteiger charge is 2.41. The Balaban J connectivity index is 1.93. The first kappa shape index (κ1) is 11.0. The van der Waals surface area contributed by atoms with Crippen molar-refractivity contribution in [2.24, 2.45) is 5.41 Å². The number of nitrogens with one attached hydrogen (secondary N) is 1. The van der Waals surface area contributed by atoms with E-state index in [-0.39, 0.29) is 0 Å². The van der Waals surface area contributed by atoms with Crippen molar-refractivity contribution in [3.05, 3.63) is 0 Å². The van der Waals surface area contributed by atoms with Gasteiger partial charge in [-0.05, 0) is 31.7 Å². The molecule has 1 aliphatic carbocycles. The van der Waals surface area contributed by atoms with Gasteiger partial charge in [-0.2, -0.15) is 0 Å². The Morgan fingerprint density at radius 2 is 2.00 bits per heavy atom. The zero-order chi connectivity index (χ0) is 9.57. The van der Waals surface area contributed by atoms with E-state index in [1.54, 1.807) is 7.11 Å². The van der Waals surface area contributed by atoms with Gasteiger partial charge in [0.1, 0.15) is 0 Å². The highest BCUT2D eigenvalue weighted by atomic mass is 16.5. The molecule has 0 radical (unpaired) electrons. The van der Waals surface area contributed by atoms with Gasteiger partial charge in [0.2, 0.25) is 0 Å². The lowest BCUT2D eigenvalue weighted by atomic mass is 10.0. The van der Waals surface area contributed by atoms with Crippen LogP contribution in [0.25, 0.3) is 0 Å². The summed E-state index contributed by atoms with van der Waals surface area (Å²) in [7, 11) is 3.72. The van der Waals surface area contributed by atoms with E-state index in [0.29, 0.717) is 12.0 Å². The monoisotopic (exact) mass is 187 g/mol. The van der Waals surface area contributed by atoms with Gasteiger partial charge in [0.15, 0.2) is 0 Å². The standard InChI is InChI=1S/C10H21NO2/c1-11-9-10(3-4-10)5-6-13-8-7-12-2/h11H,3-9H2,1-2H3. The third-order valence-corrected chi connectivity index (χ3v) is 2.72. The van der Waals surface area contributed by atoms with Crippen molar-refractivity contribution < 1.29 is 9.47 Å². The van der Waals surface area contributed by atoms with Gasteiger partial charge in [0.05, 0.1) is 13.2 Å². The van der Waals surface area contributed by atoms with Gasteiger partial charge in [-0.1, -0.05) is 0 Å². The second-order valence-electron chi connectivity index (χ2n) is 3.89. The van der Waals surface area contributed by atoms with Gasteiger partial charge in [-0.25, -0.2) is 0 Å². The van der Waals surface area contributed by atoms with E-state index in [1.165, 1.54) is 19.3 Å². The lowest BCUT2D eigenvalue weighted by Crippen LogP contribution is -2.21. The molecule has 13 heavy (non-hydrogen) atoms. The van der Waals surface area contributed by atoms with Crippen molar-refractivity contribution in [1.82, 2.24) is 5.32 Å². The molecule has 1 rings (SSSR count). The first-order chi connectivity index (χ1) is 6.33. The summed E-state index contributed by atoms with van der Waals surface area (Å²) in [6.07, 6.45) is 3.92. The summed E-state index contributed by atoms with van der Waals surface area (Å²) in [4.78, 5) is 0. The topological polar surface area (TPSA) is 30.5 Å². The molecule has 0 heterocycles. The highest BCUT2D eigenvalue weighted by Crippen LogP contribution is 2.47. The molecule has 3 nitrogen and oxygen atoms in total. The normalized spacial score (nSPS) is 18.9. The average molecular weight is 187 g/mol. The maximum Gasteiger partial charge on any atom is 0.0700 e. The lowest BCUT2D eigenvalue weighted by Gasteiger charge is -2.13. The molecule has 0 saturated heterocycles. The van der Waals surface area contributed by atoms with Crippen LogP contribution < -0.4 is 5.32 Å². The number of hydrogen-bond acceptors (Lipinski definition) is 3. The molecule has 0 amide bonds. The van der Waals surface area contributed by atoms with E-state index in [2.05, 4.69) is 5.32 Å². The Morgan fingerprint density at radius 1 is 1.23 bits per heavy atom. The Kier molecular flexibility index (Phi) is 4.70. The molecule has 0 spiro atoms. The maximum atomic E-state index is 5.44. The quantitative estimate of drug-likeness (QED) is 0.576. The molecule has 0 aromatic heterocycles. The molecule has 0 aliphatic heterocycles. The van der Waals surface area contributed by atoms with Crippen molar-refractivity contribution >= 4 is 0 Å². The molecule has 3 heteroatoms. The Hall–Kier alpha value is -0.120. The summed E-state index contributed by atoms with van der Waals surface area (Å²) >= 11 is 0. The fourth-order valence-electron chi connectivity index (χ4n) is 1.60. The third kappa shape index (κ3) is 4.07. The van der Waals surface area contributed by atoms with E-state index in [1.807, 2.05) is 7.05 Å². The van der Waals surface area contributed by atoms with Crippen LogP contribution in [-0.2, 0) is 9.47 Å². The molecule has 0 unspecified atom stereocenters. The molecule has 1 aliphatic rings. The molecular weight excluding hydrogens is 166 g/mol. The molecule has 1 saturated carbocycles. The minimum atomic E-state index is 0.571. The first-order valence-electron chi connectivity index (χ1n) is 5.04. The number of hydrogen-bond donors (Lipinski definition) is 1. The average Bonchev–Trinajstić information content (AvgIpc) is 2.86. The van der Waals surface area contributed by atoms with Gasteiger partial charge in [0.25, 0.3) is 0 Å². The van der Waals surface area contributed by atoms with Crippen molar-refractivity contribution in [3.8, 4) is 0 Å². The SMILES string of the molecule is CNCC1(CCOCCOC)CC1. The maximum absolute atomic E-state index is 5.44. The van der Waals surface area contributed by atoms with Gasteiger partial charge >= 0.3 is 0 Å². The lowest BCUT2D eigenvalue weighted by molar-refractivity contribution is 0.0620. The highest BCUT2D eigenvalue weighted by molar-refractivity contribution is 4.94. The first-order valence-corrected chi connectivity index (χ1v) is 5.04.